The highest BCUT2D eigenvalue weighted by molar-refractivity contribution is 7.87. The average Bonchev–Trinajstić information content (AvgIpc) is 2.85. The van der Waals surface area contributed by atoms with E-state index < -0.39 is 21.3 Å². The standard InChI is InChI=1S/C10H12F2O5S/c11-10(12,18(14,15)16)9(13)17-5-8-4-6-1-2-7(8)3-6/h1-2,6-8H,3-5H2,(H,14,15,16). The summed E-state index contributed by atoms with van der Waals surface area (Å²) in [6, 6.07) is 0. The van der Waals surface area contributed by atoms with Gasteiger partial charge in [-0.05, 0) is 30.6 Å². The number of ether oxygens (including phenoxy) is 1. The van der Waals surface area contributed by atoms with E-state index in [1.165, 1.54) is 0 Å². The molecule has 0 radical (unpaired) electrons. The first-order valence-corrected chi connectivity index (χ1v) is 6.86. The second-order valence-corrected chi connectivity index (χ2v) is 6.09. The molecule has 1 N–H and O–H groups in total. The molecule has 3 atom stereocenters. The van der Waals surface area contributed by atoms with E-state index >= 15 is 0 Å². The number of alkyl halides is 2. The highest BCUT2D eigenvalue weighted by atomic mass is 32.2. The van der Waals surface area contributed by atoms with Crippen molar-refractivity contribution in [2.75, 3.05) is 6.61 Å². The summed E-state index contributed by atoms with van der Waals surface area (Å²) >= 11 is 0. The molecule has 2 aliphatic carbocycles. The minimum atomic E-state index is -5.78. The third-order valence-corrected chi connectivity index (χ3v) is 4.22. The van der Waals surface area contributed by atoms with Crippen LogP contribution in [0.15, 0.2) is 12.2 Å². The van der Waals surface area contributed by atoms with E-state index in [0.29, 0.717) is 5.92 Å². The molecule has 1 saturated carbocycles. The van der Waals surface area contributed by atoms with Gasteiger partial charge >= 0.3 is 21.3 Å². The highest BCUT2D eigenvalue weighted by Crippen LogP contribution is 2.43. The molecule has 3 unspecified atom stereocenters. The van der Waals surface area contributed by atoms with E-state index in [-0.39, 0.29) is 18.4 Å². The van der Waals surface area contributed by atoms with Gasteiger partial charge in [0.05, 0.1) is 6.61 Å². The minimum absolute atomic E-state index is 0.0545. The fourth-order valence-corrected chi connectivity index (χ4v) is 2.73. The van der Waals surface area contributed by atoms with Crippen molar-refractivity contribution in [2.24, 2.45) is 17.8 Å². The van der Waals surface area contributed by atoms with E-state index in [9.17, 15) is 22.0 Å². The Kier molecular flexibility index (Phi) is 3.18. The first-order chi connectivity index (χ1) is 8.22. The molecular weight excluding hydrogens is 270 g/mol. The smallest absolute Gasteiger partial charge is 0.460 e. The lowest BCUT2D eigenvalue weighted by atomic mass is 9.95. The van der Waals surface area contributed by atoms with Crippen LogP contribution in [-0.2, 0) is 19.6 Å². The van der Waals surface area contributed by atoms with E-state index in [1.54, 1.807) is 0 Å². The van der Waals surface area contributed by atoms with Gasteiger partial charge in [-0.3, -0.25) is 4.55 Å². The first kappa shape index (κ1) is 13.4. The van der Waals surface area contributed by atoms with E-state index in [1.807, 2.05) is 12.2 Å². The van der Waals surface area contributed by atoms with Crippen LogP contribution in [0.1, 0.15) is 12.8 Å². The van der Waals surface area contributed by atoms with Crippen LogP contribution in [0.5, 0.6) is 0 Å². The van der Waals surface area contributed by atoms with Crippen molar-refractivity contribution >= 4 is 16.1 Å². The van der Waals surface area contributed by atoms with Crippen LogP contribution in [-0.4, -0.2) is 30.8 Å². The maximum Gasteiger partial charge on any atom is 0.465 e. The molecule has 0 aliphatic heterocycles. The number of carbonyl (C=O) groups is 1. The number of halogens is 2. The molecule has 0 amide bonds. The summed E-state index contributed by atoms with van der Waals surface area (Å²) in [7, 11) is -5.78. The highest BCUT2D eigenvalue weighted by Gasteiger charge is 2.54. The molecule has 2 rings (SSSR count). The Morgan fingerprint density at radius 3 is 2.50 bits per heavy atom. The van der Waals surface area contributed by atoms with Gasteiger partial charge in [-0.2, -0.15) is 17.2 Å². The van der Waals surface area contributed by atoms with Crippen molar-refractivity contribution < 1.29 is 31.3 Å². The largest absolute Gasteiger partial charge is 0.465 e. The Bertz CT molecular complexity index is 484. The van der Waals surface area contributed by atoms with Gasteiger partial charge in [0.1, 0.15) is 0 Å². The molecule has 0 aromatic carbocycles. The van der Waals surface area contributed by atoms with Crippen molar-refractivity contribution in [3.63, 3.8) is 0 Å². The number of carbonyl (C=O) groups excluding carboxylic acids is 1. The summed E-state index contributed by atoms with van der Waals surface area (Å²) in [5.41, 5.74) is 0. The third kappa shape index (κ3) is 2.26. The quantitative estimate of drug-likeness (QED) is 0.476. The summed E-state index contributed by atoms with van der Waals surface area (Å²) in [5.74, 6) is -1.69. The predicted molar refractivity (Wildman–Crippen MR) is 56.3 cm³/mol. The lowest BCUT2D eigenvalue weighted by Gasteiger charge is -2.19. The molecule has 102 valence electrons. The minimum Gasteiger partial charge on any atom is -0.460 e. The lowest BCUT2D eigenvalue weighted by molar-refractivity contribution is -0.163. The number of fused-ring (bicyclic) bond motifs is 2. The zero-order valence-electron chi connectivity index (χ0n) is 9.25. The average molecular weight is 282 g/mol. The van der Waals surface area contributed by atoms with Crippen molar-refractivity contribution in [2.45, 2.75) is 18.1 Å². The predicted octanol–water partition coefficient (Wildman–Crippen LogP) is 1.22. The normalized spacial score (nSPS) is 30.7. The lowest BCUT2D eigenvalue weighted by Crippen LogP contribution is -2.39. The molecule has 18 heavy (non-hydrogen) atoms. The van der Waals surface area contributed by atoms with Crippen molar-refractivity contribution in [3.8, 4) is 0 Å². The first-order valence-electron chi connectivity index (χ1n) is 5.42. The third-order valence-electron chi connectivity index (χ3n) is 3.41. The monoisotopic (exact) mass is 282 g/mol. The maximum atomic E-state index is 12.9. The van der Waals surface area contributed by atoms with Gasteiger partial charge in [0.2, 0.25) is 0 Å². The van der Waals surface area contributed by atoms with E-state index in [0.717, 1.165) is 12.8 Å². The second kappa shape index (κ2) is 4.27. The summed E-state index contributed by atoms with van der Waals surface area (Å²) < 4.78 is 58.9. The van der Waals surface area contributed by atoms with Crippen LogP contribution in [0, 0.1) is 17.8 Å². The van der Waals surface area contributed by atoms with Gasteiger partial charge in [-0.1, -0.05) is 12.2 Å². The molecule has 0 saturated heterocycles. The van der Waals surface area contributed by atoms with Crippen LogP contribution in [0.3, 0.4) is 0 Å². The molecule has 2 aliphatic rings. The van der Waals surface area contributed by atoms with Crippen molar-refractivity contribution in [1.29, 1.82) is 0 Å². The molecule has 0 aromatic rings. The molecule has 8 heteroatoms. The Balaban J connectivity index is 1.91. The summed E-state index contributed by atoms with van der Waals surface area (Å²) in [5, 5.41) is -4.90. The number of rotatable bonds is 4. The molecule has 2 bridgehead atoms. The fourth-order valence-electron chi connectivity index (χ4n) is 2.46. The molecule has 5 nitrogen and oxygen atoms in total. The zero-order valence-corrected chi connectivity index (χ0v) is 10.1. The van der Waals surface area contributed by atoms with Crippen LogP contribution < -0.4 is 0 Å². The molecule has 0 aromatic heterocycles. The van der Waals surface area contributed by atoms with Crippen LogP contribution in [0.4, 0.5) is 8.78 Å². The summed E-state index contributed by atoms with van der Waals surface area (Å²) in [4.78, 5) is 10.9. The summed E-state index contributed by atoms with van der Waals surface area (Å²) in [6.45, 7) is -0.255. The van der Waals surface area contributed by atoms with Crippen molar-refractivity contribution in [3.05, 3.63) is 12.2 Å². The van der Waals surface area contributed by atoms with E-state index in [4.69, 9.17) is 4.55 Å². The van der Waals surface area contributed by atoms with Gasteiger partial charge in [0.15, 0.2) is 0 Å². The zero-order chi connectivity index (χ0) is 13.6. The van der Waals surface area contributed by atoms with Gasteiger partial charge in [-0.25, -0.2) is 4.79 Å². The van der Waals surface area contributed by atoms with Crippen LogP contribution >= 0.6 is 0 Å². The Morgan fingerprint density at radius 1 is 1.39 bits per heavy atom. The molecule has 0 heterocycles. The van der Waals surface area contributed by atoms with Gasteiger partial charge < -0.3 is 4.74 Å². The number of hydrogen-bond donors (Lipinski definition) is 1. The van der Waals surface area contributed by atoms with Crippen LogP contribution in [0.25, 0.3) is 0 Å². The topological polar surface area (TPSA) is 80.7 Å². The van der Waals surface area contributed by atoms with E-state index in [2.05, 4.69) is 4.74 Å². The SMILES string of the molecule is O=C(OCC1CC2C=CC1C2)C(F)(F)S(=O)(=O)O. The number of hydrogen-bond acceptors (Lipinski definition) is 4. The number of allylic oxidation sites excluding steroid dienone is 2. The van der Waals surface area contributed by atoms with Gasteiger partial charge in [0.25, 0.3) is 0 Å². The van der Waals surface area contributed by atoms with Gasteiger partial charge in [-0.15, -0.1) is 0 Å². The maximum absolute atomic E-state index is 12.9. The second-order valence-electron chi connectivity index (χ2n) is 4.63. The number of esters is 1. The Hall–Kier alpha value is -1.02. The Labute approximate surface area is 103 Å². The Morgan fingerprint density at radius 2 is 2.06 bits per heavy atom. The van der Waals surface area contributed by atoms with Crippen LogP contribution in [0.2, 0.25) is 0 Å². The molecule has 0 spiro atoms. The van der Waals surface area contributed by atoms with Crippen molar-refractivity contribution in [1.82, 2.24) is 0 Å². The summed E-state index contributed by atoms with van der Waals surface area (Å²) in [6.07, 6.45) is 5.65. The fraction of sp³-hybridized carbons (Fsp3) is 0.700. The molecule has 1 fully saturated rings. The van der Waals surface area contributed by atoms with Gasteiger partial charge in [0, 0.05) is 0 Å². The molecular formula is C10H12F2O5S.